The largest absolute Gasteiger partial charge is 0.480 e. The molecule has 0 saturated carbocycles. The number of aryl methyl sites for hydroxylation is 2. The number of aromatic nitrogens is 4. The molecule has 1 aliphatic heterocycles. The summed E-state index contributed by atoms with van der Waals surface area (Å²) >= 11 is 0. The highest BCUT2D eigenvalue weighted by Crippen LogP contribution is 2.33. The van der Waals surface area contributed by atoms with Crippen molar-refractivity contribution in [2.45, 2.75) is 53.0 Å². The molecule has 4 rings (SSSR count). The van der Waals surface area contributed by atoms with Crippen molar-refractivity contribution in [2.24, 2.45) is 0 Å². The van der Waals surface area contributed by atoms with Crippen LogP contribution in [0.15, 0.2) is 18.3 Å². The number of nitrogens with zero attached hydrogens (tertiary/aromatic N) is 5. The van der Waals surface area contributed by atoms with Gasteiger partial charge in [0.2, 0.25) is 5.88 Å². The maximum atomic E-state index is 12.0. The van der Waals surface area contributed by atoms with Crippen LogP contribution in [-0.2, 0) is 4.74 Å². The van der Waals surface area contributed by atoms with Gasteiger partial charge in [-0.15, -0.1) is 0 Å². The lowest BCUT2D eigenvalue weighted by atomic mass is 10.1. The monoisotopic (exact) mass is 437 g/mol. The lowest BCUT2D eigenvalue weighted by Gasteiger charge is -2.23. The van der Waals surface area contributed by atoms with Crippen molar-refractivity contribution in [2.75, 3.05) is 26.8 Å². The molecule has 0 unspecified atom stereocenters. The zero-order valence-electron chi connectivity index (χ0n) is 19.7. The number of carbonyl (C=O) groups excluding carboxylic acids is 1. The highest BCUT2D eigenvalue weighted by atomic mass is 16.6. The number of hydrogen-bond acceptors (Lipinski definition) is 6. The molecule has 1 amide bonds. The van der Waals surface area contributed by atoms with Crippen LogP contribution in [0, 0.1) is 13.8 Å². The van der Waals surface area contributed by atoms with Gasteiger partial charge in [-0.3, -0.25) is 0 Å². The van der Waals surface area contributed by atoms with Gasteiger partial charge in [-0.05, 0) is 43.9 Å². The maximum absolute atomic E-state index is 12.0. The fourth-order valence-corrected chi connectivity index (χ4v) is 4.19. The van der Waals surface area contributed by atoms with E-state index in [1.807, 2.05) is 26.0 Å². The van der Waals surface area contributed by atoms with Gasteiger partial charge in [0.15, 0.2) is 5.65 Å². The molecule has 0 radical (unpaired) electrons. The van der Waals surface area contributed by atoms with Crippen molar-refractivity contribution < 1.29 is 14.3 Å². The minimum atomic E-state index is -0.245. The second-order valence-corrected chi connectivity index (χ2v) is 8.62. The number of ether oxygens (including phenoxy) is 2. The van der Waals surface area contributed by atoms with Gasteiger partial charge >= 0.3 is 6.09 Å². The zero-order chi connectivity index (χ0) is 23.0. The van der Waals surface area contributed by atoms with Crippen LogP contribution < -0.4 is 4.74 Å². The second-order valence-electron chi connectivity index (χ2n) is 8.62. The van der Waals surface area contributed by atoms with Crippen LogP contribution >= 0.6 is 0 Å². The first kappa shape index (κ1) is 22.0. The highest BCUT2D eigenvalue weighted by molar-refractivity contribution is 5.81. The normalized spacial score (nSPS) is 15.0. The van der Waals surface area contributed by atoms with Crippen molar-refractivity contribution >= 4 is 17.3 Å². The van der Waals surface area contributed by atoms with Crippen LogP contribution in [0.4, 0.5) is 4.79 Å². The molecule has 1 atom stereocenters. The van der Waals surface area contributed by atoms with E-state index >= 15 is 0 Å². The van der Waals surface area contributed by atoms with Gasteiger partial charge in [0.25, 0.3) is 0 Å². The predicted octanol–water partition coefficient (Wildman–Crippen LogP) is 4.65. The Morgan fingerprint density at radius 2 is 1.97 bits per heavy atom. The van der Waals surface area contributed by atoms with Crippen LogP contribution in [0.1, 0.15) is 56.1 Å². The van der Waals surface area contributed by atoms with E-state index in [0.29, 0.717) is 31.5 Å². The molecule has 0 N–H and O–H groups in total. The summed E-state index contributed by atoms with van der Waals surface area (Å²) in [6.07, 6.45) is 2.70. The molecule has 0 spiro atoms. The Kier molecular flexibility index (Phi) is 6.04. The number of rotatable bonds is 7. The van der Waals surface area contributed by atoms with E-state index in [2.05, 4.69) is 36.5 Å². The maximum Gasteiger partial charge on any atom is 0.410 e. The molecule has 1 fully saturated rings. The molecule has 3 aromatic heterocycles. The second kappa shape index (κ2) is 8.76. The summed E-state index contributed by atoms with van der Waals surface area (Å²) in [5.74, 6) is 0.867. The van der Waals surface area contributed by atoms with E-state index in [4.69, 9.17) is 19.4 Å². The standard InChI is InChI=1S/C24H31N5O3/c1-7-17(13-28-10-11-32-24(28)30)29-12-15(4)20-22(29)25-16(5)21(27-20)18-8-9-19(14(2)3)26-23(18)31-6/h8-9,12,14,17H,7,10-11,13H2,1-6H3/t17-/m0/s1. The van der Waals surface area contributed by atoms with E-state index in [0.717, 1.165) is 45.8 Å². The zero-order valence-corrected chi connectivity index (χ0v) is 19.7. The molecule has 1 aliphatic rings. The van der Waals surface area contributed by atoms with Gasteiger partial charge in [-0.25, -0.2) is 19.7 Å². The van der Waals surface area contributed by atoms with Gasteiger partial charge in [0.1, 0.15) is 12.1 Å². The number of fused-ring (bicyclic) bond motifs is 1. The third-order valence-electron chi connectivity index (χ3n) is 6.07. The van der Waals surface area contributed by atoms with Gasteiger partial charge in [-0.1, -0.05) is 20.8 Å². The average Bonchev–Trinajstić information content (AvgIpc) is 3.33. The number of methoxy groups -OCH3 is 1. The first-order valence-corrected chi connectivity index (χ1v) is 11.2. The summed E-state index contributed by atoms with van der Waals surface area (Å²) in [6.45, 7) is 12.0. The first-order chi connectivity index (χ1) is 15.3. The van der Waals surface area contributed by atoms with Gasteiger partial charge in [0, 0.05) is 18.4 Å². The molecule has 3 aromatic rings. The minimum absolute atomic E-state index is 0.0953. The van der Waals surface area contributed by atoms with Gasteiger partial charge < -0.3 is 18.9 Å². The number of amides is 1. The summed E-state index contributed by atoms with van der Waals surface area (Å²) in [7, 11) is 1.63. The predicted molar refractivity (Wildman–Crippen MR) is 123 cm³/mol. The van der Waals surface area contributed by atoms with Crippen molar-refractivity contribution in [3.63, 3.8) is 0 Å². The molecule has 4 heterocycles. The van der Waals surface area contributed by atoms with Crippen LogP contribution in [0.25, 0.3) is 22.4 Å². The van der Waals surface area contributed by atoms with Gasteiger partial charge in [0.05, 0.1) is 36.6 Å². The Morgan fingerprint density at radius 3 is 2.59 bits per heavy atom. The Labute approximate surface area is 188 Å². The number of cyclic esters (lactones) is 1. The van der Waals surface area contributed by atoms with E-state index in [1.165, 1.54) is 0 Å². The molecule has 1 saturated heterocycles. The van der Waals surface area contributed by atoms with Crippen molar-refractivity contribution in [1.82, 2.24) is 24.4 Å². The van der Waals surface area contributed by atoms with E-state index in [9.17, 15) is 4.79 Å². The van der Waals surface area contributed by atoms with Crippen molar-refractivity contribution in [3.8, 4) is 17.1 Å². The van der Waals surface area contributed by atoms with Crippen molar-refractivity contribution in [3.05, 3.63) is 35.3 Å². The summed E-state index contributed by atoms with van der Waals surface area (Å²) in [4.78, 5) is 28.3. The lowest BCUT2D eigenvalue weighted by molar-refractivity contribution is 0.154. The Hall–Kier alpha value is -3.16. The molecule has 8 nitrogen and oxygen atoms in total. The molecular weight excluding hydrogens is 406 g/mol. The van der Waals surface area contributed by atoms with E-state index < -0.39 is 0 Å². The molecule has 170 valence electrons. The average molecular weight is 438 g/mol. The van der Waals surface area contributed by atoms with Crippen molar-refractivity contribution in [1.29, 1.82) is 0 Å². The molecule has 32 heavy (non-hydrogen) atoms. The third-order valence-corrected chi connectivity index (χ3v) is 6.07. The van der Waals surface area contributed by atoms with E-state index in [-0.39, 0.29) is 12.1 Å². The summed E-state index contributed by atoms with van der Waals surface area (Å²) in [5.41, 5.74) is 6.12. The Balaban J connectivity index is 1.77. The number of pyridine rings is 1. The quantitative estimate of drug-likeness (QED) is 0.535. The topological polar surface area (TPSA) is 82.4 Å². The SMILES string of the molecule is CC[C@@H](CN1CCOC1=O)n1cc(C)c2nc(-c3ccc(C(C)C)nc3OC)c(C)nc21. The number of carbonyl (C=O) groups is 1. The minimum Gasteiger partial charge on any atom is -0.480 e. The molecule has 8 heteroatoms. The Morgan fingerprint density at radius 1 is 1.19 bits per heavy atom. The van der Waals surface area contributed by atoms with Crippen LogP contribution in [0.2, 0.25) is 0 Å². The molecular formula is C24H31N5O3. The van der Waals surface area contributed by atoms with Crippen LogP contribution in [0.3, 0.4) is 0 Å². The fraction of sp³-hybridized carbons (Fsp3) is 0.500. The third kappa shape index (κ3) is 3.89. The lowest BCUT2D eigenvalue weighted by Crippen LogP contribution is -2.31. The smallest absolute Gasteiger partial charge is 0.410 e. The fourth-order valence-electron chi connectivity index (χ4n) is 4.19. The number of hydrogen-bond donors (Lipinski definition) is 0. The summed E-state index contributed by atoms with van der Waals surface area (Å²) < 4.78 is 12.9. The van der Waals surface area contributed by atoms with Crippen LogP contribution in [-0.4, -0.2) is 57.3 Å². The Bertz CT molecular complexity index is 1150. The highest BCUT2D eigenvalue weighted by Gasteiger charge is 2.27. The summed E-state index contributed by atoms with van der Waals surface area (Å²) in [6, 6.07) is 4.14. The molecule has 0 aliphatic carbocycles. The summed E-state index contributed by atoms with van der Waals surface area (Å²) in [5, 5.41) is 0. The molecule has 0 bridgehead atoms. The first-order valence-electron chi connectivity index (χ1n) is 11.2. The van der Waals surface area contributed by atoms with Gasteiger partial charge in [-0.2, -0.15) is 0 Å². The van der Waals surface area contributed by atoms with Crippen LogP contribution in [0.5, 0.6) is 5.88 Å². The van der Waals surface area contributed by atoms with E-state index in [1.54, 1.807) is 12.0 Å². The molecule has 0 aromatic carbocycles.